The van der Waals surface area contributed by atoms with Crippen molar-refractivity contribution in [3.05, 3.63) is 75.5 Å². The summed E-state index contributed by atoms with van der Waals surface area (Å²) in [6.07, 6.45) is 0.664. The Morgan fingerprint density at radius 1 is 0.615 bits per heavy atom. The van der Waals surface area contributed by atoms with Gasteiger partial charge in [-0.2, -0.15) is 0 Å². The molecule has 2 rings (SSSR count). The first-order chi connectivity index (χ1) is 16.3. The van der Waals surface area contributed by atoms with E-state index < -0.39 is 16.6 Å². The van der Waals surface area contributed by atoms with Crippen molar-refractivity contribution in [1.82, 2.24) is 0 Å². The summed E-state index contributed by atoms with van der Waals surface area (Å²) in [7, 11) is -2.43. The van der Waals surface area contributed by atoms with Crippen molar-refractivity contribution in [1.29, 1.82) is 0 Å². The maximum absolute atomic E-state index is 10.8. The fourth-order valence-electron chi connectivity index (χ4n) is 2.57. The molecule has 2 aromatic rings. The van der Waals surface area contributed by atoms with Gasteiger partial charge in [0.2, 0.25) is 16.6 Å². The Kier molecular flexibility index (Phi) is 32.2. The van der Waals surface area contributed by atoms with Crippen LogP contribution in [0.5, 0.6) is 11.5 Å². The average molecular weight is 731 g/mol. The van der Waals surface area contributed by atoms with Crippen LogP contribution in [-0.2, 0) is 93.4 Å². The molecule has 39 heavy (non-hydrogen) atoms. The first kappa shape index (κ1) is 48.0. The number of ether oxygens (including phenoxy) is 4. The van der Waals surface area contributed by atoms with Crippen LogP contribution in [0.3, 0.4) is 0 Å². The number of para-hydroxylation sites is 2. The minimum atomic E-state index is -2.05. The molecule has 0 saturated heterocycles. The molecule has 0 aliphatic rings. The molecule has 0 aliphatic carbocycles. The molecule has 12 heteroatoms. The van der Waals surface area contributed by atoms with Gasteiger partial charge in [-0.15, -0.1) is 0 Å². The monoisotopic (exact) mass is 730 g/mol. The summed E-state index contributed by atoms with van der Waals surface area (Å²) in [5.41, 5.74) is 0. The van der Waals surface area contributed by atoms with E-state index >= 15 is 0 Å². The van der Waals surface area contributed by atoms with Crippen molar-refractivity contribution in [2.75, 3.05) is 19.6 Å². The number of hydrogen-bond acceptors (Lipinski definition) is 8. The van der Waals surface area contributed by atoms with Gasteiger partial charge in [-0.25, -0.2) is 0 Å². The summed E-state index contributed by atoms with van der Waals surface area (Å²) in [6.45, 7) is 12.1. The van der Waals surface area contributed by atoms with Crippen LogP contribution >= 0.6 is 0 Å². The SMILES string of the molecule is CC(=O)OC[Si](C)(C)O[Si](C)(C)COC(C)=O.CC(=O)Oc1ccccc1.COc1ccccc1.[CH3-].[CH3-].[Y].[Y]. The van der Waals surface area contributed by atoms with Crippen LogP contribution in [0, 0.1) is 14.9 Å². The van der Waals surface area contributed by atoms with Gasteiger partial charge in [-0.3, -0.25) is 14.4 Å². The van der Waals surface area contributed by atoms with Crippen LogP contribution in [0.4, 0.5) is 0 Å². The molecule has 0 bridgehead atoms. The molecule has 0 aliphatic heterocycles. The van der Waals surface area contributed by atoms with E-state index in [0.29, 0.717) is 18.2 Å². The number of benzene rings is 2. The predicted molar refractivity (Wildman–Crippen MR) is 153 cm³/mol. The molecule has 216 valence electrons. The predicted octanol–water partition coefficient (Wildman–Crippen LogP) is 5.82. The number of hydrogen-bond donors (Lipinski definition) is 0. The third-order valence-electron chi connectivity index (χ3n) is 3.78. The molecule has 0 heterocycles. The van der Waals surface area contributed by atoms with Gasteiger partial charge in [0, 0.05) is 86.2 Å². The van der Waals surface area contributed by atoms with Crippen LogP contribution in [0.15, 0.2) is 60.7 Å². The molecule has 2 radical (unpaired) electrons. The van der Waals surface area contributed by atoms with E-state index in [1.165, 1.54) is 20.8 Å². The van der Waals surface area contributed by atoms with Gasteiger partial charge in [-0.1, -0.05) is 36.4 Å². The summed E-state index contributed by atoms with van der Waals surface area (Å²) < 4.78 is 25.7. The Morgan fingerprint density at radius 2 is 0.949 bits per heavy atom. The van der Waals surface area contributed by atoms with Crippen LogP contribution in [0.25, 0.3) is 0 Å². The molecule has 0 saturated carbocycles. The molecule has 0 aromatic heterocycles. The molecule has 0 fully saturated rings. The molecule has 2 aromatic carbocycles. The Labute approximate surface area is 288 Å². The Balaban J connectivity index is -0.000000151. The van der Waals surface area contributed by atoms with Crippen molar-refractivity contribution in [3.8, 4) is 11.5 Å². The van der Waals surface area contributed by atoms with Gasteiger partial charge in [0.25, 0.3) is 0 Å². The summed E-state index contributed by atoms with van der Waals surface area (Å²) in [4.78, 5) is 31.9. The maximum Gasteiger partial charge on any atom is 0.308 e. The number of rotatable bonds is 8. The van der Waals surface area contributed by atoms with Crippen LogP contribution in [0.2, 0.25) is 26.2 Å². The van der Waals surface area contributed by atoms with Crippen molar-refractivity contribution >= 4 is 34.5 Å². The molecular formula is C27H44O8Si2Y2-2. The van der Waals surface area contributed by atoms with Crippen molar-refractivity contribution in [2.45, 2.75) is 47.0 Å². The smallest absolute Gasteiger partial charge is 0.308 e. The maximum atomic E-state index is 10.8. The number of carbonyl (C=O) groups is 3. The average Bonchev–Trinajstić information content (AvgIpc) is 2.78. The third-order valence-corrected chi connectivity index (χ3v) is 9.88. The quantitative estimate of drug-likeness (QED) is 0.145. The molecule has 0 amide bonds. The molecule has 8 nitrogen and oxygen atoms in total. The van der Waals surface area contributed by atoms with Crippen molar-refractivity contribution in [2.24, 2.45) is 0 Å². The van der Waals surface area contributed by atoms with E-state index in [0.717, 1.165) is 5.75 Å². The zero-order valence-corrected chi connectivity index (χ0v) is 32.8. The number of carbonyl (C=O) groups excluding carboxylic acids is 3. The summed E-state index contributed by atoms with van der Waals surface area (Å²) in [5.74, 6) is 0.621. The van der Waals surface area contributed by atoms with Gasteiger partial charge in [0.1, 0.15) is 24.0 Å². The first-order valence-electron chi connectivity index (χ1n) is 11.1. The summed E-state index contributed by atoms with van der Waals surface area (Å²) >= 11 is 0. The second-order valence-electron chi connectivity index (χ2n) is 8.61. The fraction of sp³-hybridized carbons (Fsp3) is 0.370. The van der Waals surface area contributed by atoms with E-state index in [9.17, 15) is 14.4 Å². The Bertz CT molecular complexity index is 871. The number of esters is 3. The zero-order chi connectivity index (χ0) is 26.9. The van der Waals surface area contributed by atoms with Gasteiger partial charge in [0.15, 0.2) is 0 Å². The van der Waals surface area contributed by atoms with Crippen molar-refractivity contribution < 1.29 is 103 Å². The van der Waals surface area contributed by atoms with Gasteiger partial charge < -0.3 is 37.9 Å². The zero-order valence-electron chi connectivity index (χ0n) is 25.1. The first-order valence-corrected chi connectivity index (χ1v) is 17.3. The van der Waals surface area contributed by atoms with Crippen LogP contribution < -0.4 is 9.47 Å². The van der Waals surface area contributed by atoms with Gasteiger partial charge >= 0.3 is 17.9 Å². The second-order valence-corrected chi connectivity index (χ2v) is 17.0. The van der Waals surface area contributed by atoms with Gasteiger partial charge in [-0.05, 0) is 50.5 Å². The fourth-order valence-corrected chi connectivity index (χ4v) is 10.1. The minimum absolute atomic E-state index is 0. The molecular weight excluding hydrogens is 686 g/mol. The van der Waals surface area contributed by atoms with Crippen LogP contribution in [0.1, 0.15) is 20.8 Å². The van der Waals surface area contributed by atoms with E-state index in [1.807, 2.05) is 74.7 Å². The second kappa shape index (κ2) is 26.2. The molecule has 0 unspecified atom stereocenters. The van der Waals surface area contributed by atoms with Gasteiger partial charge in [0.05, 0.1) is 7.11 Å². The van der Waals surface area contributed by atoms with E-state index in [4.69, 9.17) is 23.1 Å². The van der Waals surface area contributed by atoms with Crippen LogP contribution in [-0.4, -0.2) is 54.1 Å². The third kappa shape index (κ3) is 30.0. The topological polar surface area (TPSA) is 97.4 Å². The van der Waals surface area contributed by atoms with E-state index in [-0.39, 0.29) is 98.2 Å². The van der Waals surface area contributed by atoms with E-state index in [2.05, 4.69) is 0 Å². The Morgan fingerprint density at radius 3 is 1.21 bits per heavy atom. The summed E-state index contributed by atoms with van der Waals surface area (Å²) in [6, 6.07) is 18.7. The normalized spacial score (nSPS) is 9.33. The largest absolute Gasteiger partial charge is 0.497 e. The summed E-state index contributed by atoms with van der Waals surface area (Å²) in [5, 5.41) is 0. The van der Waals surface area contributed by atoms with Crippen molar-refractivity contribution in [3.63, 3.8) is 0 Å². The standard InChI is InChI=1S/C10H22O5Si2.C8H8O2.C7H8O.2CH3.2Y/c1-9(11)13-7-16(3,4)15-17(5,6)8-14-10(2)12;1-7(9)10-8-5-3-2-4-6-8;1-8-7-5-3-2-4-6-7;;;;/h7-8H2,1-6H3;2-6H,1H3;2-6H,1H3;2*1H3;;/q;;;2*-1;;. The molecule has 0 N–H and O–H groups in total. The molecule has 0 atom stereocenters. The van der Waals surface area contributed by atoms with E-state index in [1.54, 1.807) is 19.2 Å². The Hall–Kier alpha value is -0.748. The minimum Gasteiger partial charge on any atom is -0.497 e. The molecule has 0 spiro atoms. The number of methoxy groups -OCH3 is 1.